The third kappa shape index (κ3) is 4.67. The van der Waals surface area contributed by atoms with Crippen molar-refractivity contribution in [2.75, 3.05) is 24.7 Å². The number of rotatable bonds is 5. The predicted molar refractivity (Wildman–Crippen MR) is 105 cm³/mol. The number of benzene rings is 2. The Balaban J connectivity index is 1.65. The lowest BCUT2D eigenvalue weighted by Gasteiger charge is -2.27. The SMILES string of the molecule is Cc1cccc(C)c1OCC(=O)Nc1ccc2c(c1)CN(S(C)(=O)=O)CC2. The quantitative estimate of drug-likeness (QED) is 0.854. The Morgan fingerprint density at radius 3 is 2.52 bits per heavy atom. The van der Waals surface area contributed by atoms with Gasteiger partial charge in [-0.15, -0.1) is 0 Å². The zero-order chi connectivity index (χ0) is 19.6. The summed E-state index contributed by atoms with van der Waals surface area (Å²) in [4.78, 5) is 12.3. The summed E-state index contributed by atoms with van der Waals surface area (Å²) in [7, 11) is -3.23. The number of amides is 1. The number of sulfonamides is 1. The molecule has 0 radical (unpaired) electrons. The van der Waals surface area contributed by atoms with Crippen molar-refractivity contribution in [1.29, 1.82) is 0 Å². The Morgan fingerprint density at radius 2 is 1.85 bits per heavy atom. The summed E-state index contributed by atoms with van der Waals surface area (Å²) in [6.45, 7) is 4.62. The molecule has 0 spiro atoms. The number of nitrogens with zero attached hydrogens (tertiary/aromatic N) is 1. The number of para-hydroxylation sites is 1. The Morgan fingerprint density at radius 1 is 1.15 bits per heavy atom. The molecular formula is C20H24N2O4S. The van der Waals surface area contributed by atoms with Gasteiger partial charge < -0.3 is 10.1 Å². The highest BCUT2D eigenvalue weighted by atomic mass is 32.2. The lowest BCUT2D eigenvalue weighted by atomic mass is 10.0. The van der Waals surface area contributed by atoms with Gasteiger partial charge in [0.15, 0.2) is 6.61 Å². The van der Waals surface area contributed by atoms with Crippen molar-refractivity contribution in [3.63, 3.8) is 0 Å². The fraction of sp³-hybridized carbons (Fsp3) is 0.350. The van der Waals surface area contributed by atoms with Crippen molar-refractivity contribution >= 4 is 21.6 Å². The smallest absolute Gasteiger partial charge is 0.262 e. The van der Waals surface area contributed by atoms with Gasteiger partial charge >= 0.3 is 0 Å². The van der Waals surface area contributed by atoms with Crippen LogP contribution in [0.2, 0.25) is 0 Å². The van der Waals surface area contributed by atoms with Gasteiger partial charge in [-0.3, -0.25) is 4.79 Å². The zero-order valence-electron chi connectivity index (χ0n) is 15.8. The van der Waals surface area contributed by atoms with Crippen LogP contribution in [0.5, 0.6) is 5.75 Å². The number of ether oxygens (including phenoxy) is 1. The molecule has 27 heavy (non-hydrogen) atoms. The van der Waals surface area contributed by atoms with Crippen molar-refractivity contribution in [2.24, 2.45) is 0 Å². The number of nitrogens with one attached hydrogen (secondary N) is 1. The van der Waals surface area contributed by atoms with E-state index in [2.05, 4.69) is 5.32 Å². The fourth-order valence-corrected chi connectivity index (χ4v) is 4.05. The van der Waals surface area contributed by atoms with Crippen LogP contribution in [0.25, 0.3) is 0 Å². The summed E-state index contributed by atoms with van der Waals surface area (Å²) in [6.07, 6.45) is 1.89. The molecule has 0 aliphatic carbocycles. The molecule has 0 saturated heterocycles. The Hall–Kier alpha value is -2.38. The molecule has 1 amide bonds. The number of aryl methyl sites for hydroxylation is 2. The van der Waals surface area contributed by atoms with Gasteiger partial charge in [0.25, 0.3) is 5.91 Å². The molecule has 144 valence electrons. The molecule has 0 unspecified atom stereocenters. The van der Waals surface area contributed by atoms with E-state index in [1.165, 1.54) is 10.6 Å². The van der Waals surface area contributed by atoms with E-state index in [1.807, 2.05) is 50.2 Å². The van der Waals surface area contributed by atoms with E-state index in [1.54, 1.807) is 0 Å². The molecule has 0 aromatic heterocycles. The lowest BCUT2D eigenvalue weighted by Crippen LogP contribution is -2.35. The minimum Gasteiger partial charge on any atom is -0.483 e. The van der Waals surface area contributed by atoms with E-state index in [4.69, 9.17) is 4.74 Å². The summed E-state index contributed by atoms with van der Waals surface area (Å²) < 4.78 is 30.7. The molecule has 2 aromatic rings. The molecule has 0 saturated carbocycles. The van der Waals surface area contributed by atoms with E-state index < -0.39 is 10.0 Å². The van der Waals surface area contributed by atoms with E-state index in [0.717, 1.165) is 28.0 Å². The van der Waals surface area contributed by atoms with Crippen LogP contribution in [0.1, 0.15) is 22.3 Å². The van der Waals surface area contributed by atoms with Crippen LogP contribution in [0, 0.1) is 13.8 Å². The average molecular weight is 388 g/mol. The molecule has 7 heteroatoms. The monoisotopic (exact) mass is 388 g/mol. The van der Waals surface area contributed by atoms with E-state index >= 15 is 0 Å². The Labute approximate surface area is 160 Å². The van der Waals surface area contributed by atoms with Gasteiger partial charge in [-0.05, 0) is 54.7 Å². The molecule has 3 rings (SSSR count). The third-order valence-corrected chi connectivity index (χ3v) is 5.94. The fourth-order valence-electron chi connectivity index (χ4n) is 3.25. The summed E-state index contributed by atoms with van der Waals surface area (Å²) in [5.41, 5.74) is 4.63. The van der Waals surface area contributed by atoms with E-state index in [0.29, 0.717) is 25.2 Å². The second kappa shape index (κ2) is 7.70. The summed E-state index contributed by atoms with van der Waals surface area (Å²) in [6, 6.07) is 11.4. The van der Waals surface area contributed by atoms with Crippen LogP contribution >= 0.6 is 0 Å². The Bertz CT molecular complexity index is 950. The van der Waals surface area contributed by atoms with Gasteiger partial charge in [-0.2, -0.15) is 4.31 Å². The molecule has 0 atom stereocenters. The highest BCUT2D eigenvalue weighted by molar-refractivity contribution is 7.88. The number of carbonyl (C=O) groups excluding carboxylic acids is 1. The first-order valence-electron chi connectivity index (χ1n) is 8.80. The first kappa shape index (κ1) is 19.4. The predicted octanol–water partition coefficient (Wildman–Crippen LogP) is 2.64. The van der Waals surface area contributed by atoms with Crippen LogP contribution in [-0.4, -0.2) is 38.0 Å². The molecule has 1 heterocycles. The van der Waals surface area contributed by atoms with Gasteiger partial charge in [0.05, 0.1) is 6.26 Å². The largest absolute Gasteiger partial charge is 0.483 e. The molecule has 1 aliphatic heterocycles. The minimum atomic E-state index is -3.23. The molecule has 2 aromatic carbocycles. The number of carbonyl (C=O) groups is 1. The number of hydrogen-bond acceptors (Lipinski definition) is 4. The average Bonchev–Trinajstić information content (AvgIpc) is 2.60. The Kier molecular flexibility index (Phi) is 5.53. The molecule has 6 nitrogen and oxygen atoms in total. The molecule has 1 aliphatic rings. The zero-order valence-corrected chi connectivity index (χ0v) is 16.6. The van der Waals surface area contributed by atoms with Gasteiger partial charge in [-0.1, -0.05) is 24.3 Å². The molecule has 0 fully saturated rings. The molecular weight excluding hydrogens is 364 g/mol. The van der Waals surface area contributed by atoms with Crippen molar-refractivity contribution in [3.8, 4) is 5.75 Å². The first-order chi connectivity index (χ1) is 12.7. The van der Waals surface area contributed by atoms with Crippen molar-refractivity contribution in [1.82, 2.24) is 4.31 Å². The molecule has 0 bridgehead atoms. The number of hydrogen-bond donors (Lipinski definition) is 1. The van der Waals surface area contributed by atoms with Gasteiger partial charge in [0.2, 0.25) is 10.0 Å². The van der Waals surface area contributed by atoms with Crippen LogP contribution < -0.4 is 10.1 Å². The number of fused-ring (bicyclic) bond motifs is 1. The van der Waals surface area contributed by atoms with E-state index in [-0.39, 0.29) is 12.5 Å². The second-order valence-corrected chi connectivity index (χ2v) is 8.87. The number of anilines is 1. The maximum atomic E-state index is 12.3. The summed E-state index contributed by atoms with van der Waals surface area (Å²) >= 11 is 0. The van der Waals surface area contributed by atoms with Crippen LogP contribution in [0.3, 0.4) is 0 Å². The van der Waals surface area contributed by atoms with Crippen LogP contribution in [-0.2, 0) is 27.8 Å². The molecule has 1 N–H and O–H groups in total. The van der Waals surface area contributed by atoms with Crippen molar-refractivity contribution < 1.29 is 17.9 Å². The van der Waals surface area contributed by atoms with Crippen LogP contribution in [0.4, 0.5) is 5.69 Å². The first-order valence-corrected chi connectivity index (χ1v) is 10.6. The normalized spacial score (nSPS) is 14.5. The topological polar surface area (TPSA) is 75.7 Å². The van der Waals surface area contributed by atoms with Crippen LogP contribution in [0.15, 0.2) is 36.4 Å². The highest BCUT2D eigenvalue weighted by Gasteiger charge is 2.23. The maximum absolute atomic E-state index is 12.3. The van der Waals surface area contributed by atoms with Gasteiger partial charge in [0, 0.05) is 18.8 Å². The van der Waals surface area contributed by atoms with E-state index in [9.17, 15) is 13.2 Å². The van der Waals surface area contributed by atoms with Crippen molar-refractivity contribution in [2.45, 2.75) is 26.8 Å². The highest BCUT2D eigenvalue weighted by Crippen LogP contribution is 2.25. The lowest BCUT2D eigenvalue weighted by molar-refractivity contribution is -0.118. The maximum Gasteiger partial charge on any atom is 0.262 e. The summed E-state index contributed by atoms with van der Waals surface area (Å²) in [5, 5.41) is 2.82. The standard InChI is InChI=1S/C20H24N2O4S/c1-14-5-4-6-15(2)20(14)26-13-19(23)21-18-8-7-16-9-10-22(27(3,24)25)12-17(16)11-18/h4-8,11H,9-10,12-13H2,1-3H3,(H,21,23). The van der Waals surface area contributed by atoms with Crippen molar-refractivity contribution in [3.05, 3.63) is 58.7 Å². The summed E-state index contributed by atoms with van der Waals surface area (Å²) in [5.74, 6) is 0.468. The minimum absolute atomic E-state index is 0.0851. The van der Waals surface area contributed by atoms with Gasteiger partial charge in [-0.25, -0.2) is 8.42 Å². The third-order valence-electron chi connectivity index (χ3n) is 4.69. The second-order valence-electron chi connectivity index (χ2n) is 6.89. The van der Waals surface area contributed by atoms with Gasteiger partial charge in [0.1, 0.15) is 5.75 Å².